The van der Waals surface area contributed by atoms with Crippen molar-refractivity contribution in [3.63, 3.8) is 0 Å². The van der Waals surface area contributed by atoms with E-state index < -0.39 is 6.10 Å². The Hall–Kier alpha value is -2.60. The van der Waals surface area contributed by atoms with Gasteiger partial charge in [0.25, 0.3) is 5.69 Å². The van der Waals surface area contributed by atoms with Gasteiger partial charge in [-0.2, -0.15) is 0 Å². The van der Waals surface area contributed by atoms with Gasteiger partial charge in [-0.25, -0.2) is 0 Å². The molecular formula is C20H25N3O3. The molecule has 26 heavy (non-hydrogen) atoms. The van der Waals surface area contributed by atoms with Gasteiger partial charge in [0.15, 0.2) is 0 Å². The van der Waals surface area contributed by atoms with Crippen molar-refractivity contribution in [1.82, 2.24) is 4.90 Å². The Labute approximate surface area is 154 Å². The number of aryl methyl sites for hydroxylation is 1. The Morgan fingerprint density at radius 3 is 2.35 bits per heavy atom. The van der Waals surface area contributed by atoms with E-state index in [1.54, 1.807) is 6.07 Å². The average Bonchev–Trinajstić information content (AvgIpc) is 2.63. The number of piperazine rings is 1. The standard InChI is InChI=1S/C20H25N3O3/c1-15-4-7-18(8-5-15)26-16(2)19-14-17(6-9-20(19)23(24)25)22-12-10-21(3)11-13-22/h4-9,14,16H,10-13H2,1-3H3. The minimum atomic E-state index is -0.412. The average molecular weight is 355 g/mol. The number of anilines is 1. The smallest absolute Gasteiger partial charge is 0.276 e. The van der Waals surface area contributed by atoms with Crippen molar-refractivity contribution in [1.29, 1.82) is 0 Å². The van der Waals surface area contributed by atoms with Crippen LogP contribution in [0, 0.1) is 17.0 Å². The van der Waals surface area contributed by atoms with Gasteiger partial charge in [0, 0.05) is 37.9 Å². The highest BCUT2D eigenvalue weighted by Gasteiger charge is 2.23. The summed E-state index contributed by atoms with van der Waals surface area (Å²) in [6.07, 6.45) is -0.412. The molecule has 1 aliphatic rings. The third-order valence-electron chi connectivity index (χ3n) is 4.85. The fourth-order valence-electron chi connectivity index (χ4n) is 3.18. The molecule has 2 aromatic carbocycles. The first-order valence-corrected chi connectivity index (χ1v) is 8.89. The van der Waals surface area contributed by atoms with Gasteiger partial charge < -0.3 is 14.5 Å². The minimum absolute atomic E-state index is 0.0995. The molecule has 1 atom stereocenters. The first kappa shape index (κ1) is 18.2. The maximum Gasteiger partial charge on any atom is 0.276 e. The first-order chi connectivity index (χ1) is 12.4. The van der Waals surface area contributed by atoms with E-state index in [2.05, 4.69) is 16.8 Å². The van der Waals surface area contributed by atoms with Crippen LogP contribution in [0.5, 0.6) is 5.75 Å². The first-order valence-electron chi connectivity index (χ1n) is 8.89. The lowest BCUT2D eigenvalue weighted by Crippen LogP contribution is -2.44. The van der Waals surface area contributed by atoms with E-state index in [9.17, 15) is 10.1 Å². The van der Waals surface area contributed by atoms with Crippen LogP contribution in [0.1, 0.15) is 24.2 Å². The second-order valence-electron chi connectivity index (χ2n) is 6.86. The van der Waals surface area contributed by atoms with Crippen molar-refractivity contribution in [2.24, 2.45) is 0 Å². The Morgan fingerprint density at radius 2 is 1.73 bits per heavy atom. The lowest BCUT2D eigenvalue weighted by molar-refractivity contribution is -0.386. The van der Waals surface area contributed by atoms with Crippen LogP contribution in [0.3, 0.4) is 0 Å². The predicted molar refractivity (Wildman–Crippen MR) is 103 cm³/mol. The minimum Gasteiger partial charge on any atom is -0.486 e. The van der Waals surface area contributed by atoms with Crippen LogP contribution in [0.2, 0.25) is 0 Å². The van der Waals surface area contributed by atoms with Crippen LogP contribution in [0.15, 0.2) is 42.5 Å². The van der Waals surface area contributed by atoms with E-state index in [0.717, 1.165) is 37.4 Å². The fourth-order valence-corrected chi connectivity index (χ4v) is 3.18. The Morgan fingerprint density at radius 1 is 1.08 bits per heavy atom. The zero-order valence-electron chi connectivity index (χ0n) is 15.5. The highest BCUT2D eigenvalue weighted by molar-refractivity contribution is 5.57. The van der Waals surface area contributed by atoms with Crippen LogP contribution in [-0.4, -0.2) is 43.0 Å². The van der Waals surface area contributed by atoms with Crippen LogP contribution >= 0.6 is 0 Å². The summed E-state index contributed by atoms with van der Waals surface area (Å²) in [6.45, 7) is 7.68. The highest BCUT2D eigenvalue weighted by Crippen LogP contribution is 2.33. The molecule has 6 heteroatoms. The van der Waals surface area contributed by atoms with Gasteiger partial charge in [0.2, 0.25) is 0 Å². The Kier molecular flexibility index (Phi) is 5.42. The molecule has 6 nitrogen and oxygen atoms in total. The summed E-state index contributed by atoms with van der Waals surface area (Å²) in [7, 11) is 2.11. The molecule has 1 saturated heterocycles. The zero-order valence-corrected chi connectivity index (χ0v) is 15.5. The highest BCUT2D eigenvalue weighted by atomic mass is 16.6. The molecule has 0 radical (unpaired) electrons. The fraction of sp³-hybridized carbons (Fsp3) is 0.400. The van der Waals surface area contributed by atoms with E-state index >= 15 is 0 Å². The van der Waals surface area contributed by atoms with Gasteiger partial charge in [-0.05, 0) is 45.2 Å². The number of nitro benzene ring substituents is 1. The van der Waals surface area contributed by atoms with E-state index in [1.807, 2.05) is 50.2 Å². The zero-order chi connectivity index (χ0) is 18.7. The maximum absolute atomic E-state index is 11.5. The second-order valence-corrected chi connectivity index (χ2v) is 6.86. The summed E-state index contributed by atoms with van der Waals surface area (Å²) < 4.78 is 5.97. The maximum atomic E-state index is 11.5. The molecular weight excluding hydrogens is 330 g/mol. The van der Waals surface area contributed by atoms with Crippen LogP contribution in [-0.2, 0) is 0 Å². The Balaban J connectivity index is 1.86. The lowest BCUT2D eigenvalue weighted by atomic mass is 10.1. The van der Waals surface area contributed by atoms with E-state index in [-0.39, 0.29) is 10.6 Å². The third kappa shape index (κ3) is 4.14. The molecule has 0 N–H and O–H groups in total. The number of rotatable bonds is 5. The summed E-state index contributed by atoms with van der Waals surface area (Å²) in [6, 6.07) is 13.1. The van der Waals surface area contributed by atoms with Crippen molar-refractivity contribution in [3.05, 3.63) is 63.7 Å². The molecule has 0 amide bonds. The predicted octanol–water partition coefficient (Wildman–Crippen LogP) is 3.80. The lowest BCUT2D eigenvalue weighted by Gasteiger charge is -2.34. The number of ether oxygens (including phenoxy) is 1. The largest absolute Gasteiger partial charge is 0.486 e. The third-order valence-corrected chi connectivity index (χ3v) is 4.85. The summed E-state index contributed by atoms with van der Waals surface area (Å²) in [4.78, 5) is 15.7. The topological polar surface area (TPSA) is 58.8 Å². The summed E-state index contributed by atoms with van der Waals surface area (Å²) in [5.41, 5.74) is 2.86. The van der Waals surface area contributed by atoms with E-state index in [0.29, 0.717) is 11.3 Å². The number of likely N-dealkylation sites (N-methyl/N-ethyl adjacent to an activating group) is 1. The number of benzene rings is 2. The molecule has 0 spiro atoms. The number of hydrogen-bond acceptors (Lipinski definition) is 5. The quantitative estimate of drug-likeness (QED) is 0.603. The van der Waals surface area contributed by atoms with Crippen molar-refractivity contribution < 1.29 is 9.66 Å². The van der Waals surface area contributed by atoms with Crippen LogP contribution < -0.4 is 9.64 Å². The van der Waals surface area contributed by atoms with Gasteiger partial charge in [-0.1, -0.05) is 17.7 Å². The van der Waals surface area contributed by atoms with Gasteiger partial charge in [0.05, 0.1) is 10.5 Å². The van der Waals surface area contributed by atoms with Gasteiger partial charge >= 0.3 is 0 Å². The summed E-state index contributed by atoms with van der Waals surface area (Å²) >= 11 is 0. The van der Waals surface area contributed by atoms with E-state index in [4.69, 9.17) is 4.74 Å². The number of nitrogens with zero attached hydrogens (tertiary/aromatic N) is 3. The molecule has 1 heterocycles. The van der Waals surface area contributed by atoms with Crippen LogP contribution in [0.4, 0.5) is 11.4 Å². The van der Waals surface area contributed by atoms with Gasteiger partial charge in [0.1, 0.15) is 11.9 Å². The molecule has 138 valence electrons. The van der Waals surface area contributed by atoms with Crippen molar-refractivity contribution in [3.8, 4) is 5.75 Å². The van der Waals surface area contributed by atoms with Crippen LogP contribution in [0.25, 0.3) is 0 Å². The molecule has 1 unspecified atom stereocenters. The molecule has 0 saturated carbocycles. The molecule has 0 aromatic heterocycles. The normalized spacial score (nSPS) is 16.3. The SMILES string of the molecule is Cc1ccc(OC(C)c2cc(N3CCN(C)CC3)ccc2[N+](=O)[O-])cc1. The molecule has 1 fully saturated rings. The van der Waals surface area contributed by atoms with Crippen molar-refractivity contribution in [2.45, 2.75) is 20.0 Å². The summed E-state index contributed by atoms with van der Waals surface area (Å²) in [5, 5.41) is 11.5. The molecule has 3 rings (SSSR count). The number of nitro groups is 1. The number of hydrogen-bond donors (Lipinski definition) is 0. The summed E-state index contributed by atoms with van der Waals surface area (Å²) in [5.74, 6) is 0.711. The molecule has 2 aromatic rings. The van der Waals surface area contributed by atoms with Crippen molar-refractivity contribution >= 4 is 11.4 Å². The molecule has 0 aliphatic carbocycles. The second kappa shape index (κ2) is 7.74. The molecule has 0 bridgehead atoms. The molecule has 1 aliphatic heterocycles. The van der Waals surface area contributed by atoms with Crippen molar-refractivity contribution in [2.75, 3.05) is 38.1 Å². The van der Waals surface area contributed by atoms with Gasteiger partial charge in [-0.15, -0.1) is 0 Å². The monoisotopic (exact) mass is 355 g/mol. The Bertz CT molecular complexity index is 768. The van der Waals surface area contributed by atoms with E-state index in [1.165, 1.54) is 0 Å². The van der Waals surface area contributed by atoms with Gasteiger partial charge in [-0.3, -0.25) is 10.1 Å².